The molecular weight excluding hydrogens is 350 g/mol. The Hall–Kier alpha value is 0.314. The number of nitrogens with one attached hydrogen (secondary N) is 2. The van der Waals surface area contributed by atoms with E-state index in [2.05, 4.69) is 104 Å². The monoisotopic (exact) mass is 401 g/mol. The van der Waals surface area contributed by atoms with Gasteiger partial charge in [-0.15, -0.1) is 0 Å². The van der Waals surface area contributed by atoms with Crippen molar-refractivity contribution in [1.82, 2.24) is 14.2 Å². The van der Waals surface area contributed by atoms with Gasteiger partial charge in [-0.25, -0.2) is 0 Å². The van der Waals surface area contributed by atoms with Gasteiger partial charge in [-0.2, -0.15) is 0 Å². The zero-order valence-electron chi connectivity index (χ0n) is 20.4. The lowest BCUT2D eigenvalue weighted by Crippen LogP contribution is -2.84. The van der Waals surface area contributed by atoms with Gasteiger partial charge in [0.05, 0.1) is 0 Å². The average molecular weight is 402 g/mol. The number of rotatable bonds is 10. The minimum absolute atomic E-state index is 0.264. The molecule has 158 valence electrons. The summed E-state index contributed by atoms with van der Waals surface area (Å²) in [6, 6.07) is 0. The maximum absolute atomic E-state index is 4.17. The van der Waals surface area contributed by atoms with Crippen molar-refractivity contribution in [3.63, 3.8) is 0 Å². The second-order valence-corrected chi connectivity index (χ2v) is 21.2. The molecule has 0 spiro atoms. The zero-order chi connectivity index (χ0) is 21.0. The Morgan fingerprint density at radius 1 is 0.692 bits per heavy atom. The maximum Gasteiger partial charge on any atom is 0.206 e. The Balaban J connectivity index is 6.99. The Morgan fingerprint density at radius 3 is 1.15 bits per heavy atom. The van der Waals surface area contributed by atoms with Gasteiger partial charge >= 0.3 is 0 Å². The second-order valence-electron chi connectivity index (χ2n) is 10.6. The summed E-state index contributed by atoms with van der Waals surface area (Å²) in [5.41, 5.74) is 1.31. The minimum atomic E-state index is -1.99. The highest BCUT2D eigenvalue weighted by Crippen LogP contribution is 2.52. The fraction of sp³-hybridized carbons (Fsp3) is 1.00. The molecule has 0 aliphatic heterocycles. The molecule has 0 aliphatic carbocycles. The molecule has 5 heteroatoms. The van der Waals surface area contributed by atoms with E-state index in [0.29, 0.717) is 11.1 Å². The van der Waals surface area contributed by atoms with Crippen LogP contribution in [0, 0.1) is 0 Å². The lowest BCUT2D eigenvalue weighted by molar-refractivity contribution is 0.436. The van der Waals surface area contributed by atoms with Gasteiger partial charge in [-0.3, -0.25) is 0 Å². The molecular formula is C21H51N3Si2. The van der Waals surface area contributed by atoms with E-state index in [1.807, 2.05) is 0 Å². The van der Waals surface area contributed by atoms with E-state index in [0.717, 1.165) is 13.1 Å². The van der Waals surface area contributed by atoms with Crippen molar-refractivity contribution in [1.29, 1.82) is 0 Å². The van der Waals surface area contributed by atoms with Gasteiger partial charge in [-0.05, 0) is 47.2 Å². The van der Waals surface area contributed by atoms with Gasteiger partial charge in [0.2, 0.25) is 16.8 Å². The molecule has 3 nitrogen and oxygen atoms in total. The summed E-state index contributed by atoms with van der Waals surface area (Å²) in [4.78, 5) is 8.34. The van der Waals surface area contributed by atoms with Crippen molar-refractivity contribution in [2.45, 2.75) is 118 Å². The third kappa shape index (κ3) is 4.65. The Bertz CT molecular complexity index is 376. The van der Waals surface area contributed by atoms with Gasteiger partial charge in [-0.1, -0.05) is 90.0 Å². The van der Waals surface area contributed by atoms with E-state index in [-0.39, 0.29) is 10.1 Å². The molecule has 0 aromatic rings. The quantitative estimate of drug-likeness (QED) is 0.425. The summed E-state index contributed by atoms with van der Waals surface area (Å²) in [5, 5.41) is 0.528. The summed E-state index contributed by atoms with van der Waals surface area (Å²) in [5.74, 6) is 0. The van der Waals surface area contributed by atoms with Crippen molar-refractivity contribution in [3.8, 4) is 0 Å². The predicted molar refractivity (Wildman–Crippen MR) is 125 cm³/mol. The lowest BCUT2D eigenvalue weighted by Gasteiger charge is -2.64. The van der Waals surface area contributed by atoms with Crippen LogP contribution in [-0.4, -0.2) is 40.7 Å². The van der Waals surface area contributed by atoms with E-state index < -0.39 is 16.8 Å². The topological polar surface area (TPSA) is 27.3 Å². The Labute approximate surface area is 168 Å². The molecule has 0 bridgehead atoms. The molecule has 0 saturated carbocycles. The SMILES string of the molecule is CCCN([Si](NCC)(C(C)C)C(C)(C)C)[Si](NCC)(C(C)C)C(C)(C)C. The van der Waals surface area contributed by atoms with E-state index in [1.54, 1.807) is 0 Å². The summed E-state index contributed by atoms with van der Waals surface area (Å²) in [7, 11) is -3.98. The minimum Gasteiger partial charge on any atom is -0.325 e. The summed E-state index contributed by atoms with van der Waals surface area (Å²) < 4.78 is 3.10. The Morgan fingerprint density at radius 2 is 1.00 bits per heavy atom. The van der Waals surface area contributed by atoms with Gasteiger partial charge in [0.15, 0.2) is 0 Å². The third-order valence-electron chi connectivity index (χ3n) is 6.15. The largest absolute Gasteiger partial charge is 0.325 e. The van der Waals surface area contributed by atoms with Gasteiger partial charge in [0, 0.05) is 0 Å². The Kier molecular flexibility index (Phi) is 9.80. The highest BCUT2D eigenvalue weighted by molar-refractivity contribution is 6.94. The van der Waals surface area contributed by atoms with Crippen LogP contribution in [0.25, 0.3) is 0 Å². The molecule has 0 heterocycles. The first-order valence-electron chi connectivity index (χ1n) is 11.0. The number of nitrogens with zero attached hydrogens (tertiary/aromatic N) is 1. The fourth-order valence-electron chi connectivity index (χ4n) is 5.69. The van der Waals surface area contributed by atoms with Crippen LogP contribution < -0.4 is 9.96 Å². The summed E-state index contributed by atoms with van der Waals surface area (Å²) in [6.07, 6.45) is 1.21. The van der Waals surface area contributed by atoms with Crippen molar-refractivity contribution >= 4 is 16.8 Å². The van der Waals surface area contributed by atoms with E-state index in [1.165, 1.54) is 13.0 Å². The first-order valence-corrected chi connectivity index (χ1v) is 15.0. The average Bonchev–Trinajstić information content (AvgIpc) is 2.45. The van der Waals surface area contributed by atoms with Gasteiger partial charge < -0.3 is 14.2 Å². The highest BCUT2D eigenvalue weighted by atomic mass is 28.4. The summed E-state index contributed by atoms with van der Waals surface area (Å²) >= 11 is 0. The van der Waals surface area contributed by atoms with Crippen LogP contribution in [0.4, 0.5) is 0 Å². The van der Waals surface area contributed by atoms with Crippen LogP contribution >= 0.6 is 0 Å². The number of hydrogen-bond donors (Lipinski definition) is 2. The standard InChI is InChI=1S/C21H51N3Si2/c1-14-17-24(25(18(4)5,22-15-2)20(8,9)10)26(19(6)7,23-16-3)21(11,12)13/h18-19,22-23H,14-17H2,1-13H3. The van der Waals surface area contributed by atoms with Gasteiger partial charge in [0.25, 0.3) is 0 Å². The molecule has 26 heavy (non-hydrogen) atoms. The van der Waals surface area contributed by atoms with Gasteiger partial charge in [0.1, 0.15) is 0 Å². The molecule has 0 rings (SSSR count). The highest BCUT2D eigenvalue weighted by Gasteiger charge is 2.62. The molecule has 0 aliphatic rings. The molecule has 2 atom stereocenters. The molecule has 2 unspecified atom stereocenters. The molecule has 0 aromatic heterocycles. The fourth-order valence-corrected chi connectivity index (χ4v) is 22.8. The predicted octanol–water partition coefficient (Wildman–Crippen LogP) is 6.22. The smallest absolute Gasteiger partial charge is 0.206 e. The van der Waals surface area contributed by atoms with Crippen LogP contribution in [0.5, 0.6) is 0 Å². The first kappa shape index (κ1) is 26.3. The lowest BCUT2D eigenvalue weighted by atomic mass is 10.2. The zero-order valence-corrected chi connectivity index (χ0v) is 22.4. The molecule has 0 saturated heterocycles. The van der Waals surface area contributed by atoms with Crippen molar-refractivity contribution in [2.24, 2.45) is 0 Å². The summed E-state index contributed by atoms with van der Waals surface area (Å²) in [6.45, 7) is 35.0. The van der Waals surface area contributed by atoms with Crippen molar-refractivity contribution in [2.75, 3.05) is 19.6 Å². The molecule has 2 N–H and O–H groups in total. The molecule has 0 amide bonds. The van der Waals surface area contributed by atoms with Crippen molar-refractivity contribution in [3.05, 3.63) is 0 Å². The van der Waals surface area contributed by atoms with E-state index >= 15 is 0 Å². The van der Waals surface area contributed by atoms with Crippen molar-refractivity contribution < 1.29 is 0 Å². The second kappa shape index (κ2) is 9.68. The molecule has 0 aromatic carbocycles. The number of hydrogen-bond acceptors (Lipinski definition) is 3. The molecule has 0 radical (unpaired) electrons. The third-order valence-corrected chi connectivity index (χ3v) is 20.1. The van der Waals surface area contributed by atoms with E-state index in [4.69, 9.17) is 0 Å². The van der Waals surface area contributed by atoms with Crippen LogP contribution in [0.2, 0.25) is 21.2 Å². The first-order chi connectivity index (χ1) is 11.7. The van der Waals surface area contributed by atoms with Crippen LogP contribution in [0.15, 0.2) is 0 Å². The van der Waals surface area contributed by atoms with E-state index in [9.17, 15) is 0 Å². The normalized spacial score (nSPS) is 18.5. The maximum atomic E-state index is 4.17. The molecule has 0 fully saturated rings. The van der Waals surface area contributed by atoms with Crippen LogP contribution in [-0.2, 0) is 0 Å². The van der Waals surface area contributed by atoms with Crippen LogP contribution in [0.1, 0.15) is 96.4 Å². The van der Waals surface area contributed by atoms with Crippen LogP contribution in [0.3, 0.4) is 0 Å².